The Morgan fingerprint density at radius 1 is 1.30 bits per heavy atom. The molecular weight excluding hydrogens is 126 g/mol. The zero-order chi connectivity index (χ0) is 7.45. The molecule has 0 amide bonds. The van der Waals surface area contributed by atoms with E-state index in [2.05, 4.69) is 12.4 Å². The predicted octanol–water partition coefficient (Wildman–Crippen LogP) is 1.06. The van der Waals surface area contributed by atoms with Gasteiger partial charge in [0.05, 0.1) is 6.61 Å². The number of hydrogen-bond acceptors (Lipinski definition) is 2. The normalized spacial score (nSPS) is 24.6. The molecule has 1 aliphatic carbocycles. The lowest BCUT2D eigenvalue weighted by Crippen LogP contribution is -2.46. The van der Waals surface area contributed by atoms with Crippen molar-refractivity contribution < 1.29 is 5.11 Å². The van der Waals surface area contributed by atoms with E-state index < -0.39 is 0 Å². The van der Waals surface area contributed by atoms with Crippen LogP contribution in [0.1, 0.15) is 32.1 Å². The fourth-order valence-electron chi connectivity index (χ4n) is 1.62. The van der Waals surface area contributed by atoms with E-state index in [4.69, 9.17) is 5.11 Å². The van der Waals surface area contributed by atoms with E-state index in [-0.39, 0.29) is 12.1 Å². The summed E-state index contributed by atoms with van der Waals surface area (Å²) in [6.45, 7) is 0.233. The van der Waals surface area contributed by atoms with Crippen molar-refractivity contribution in [2.45, 2.75) is 37.6 Å². The maximum Gasteiger partial charge on any atom is 0.0613 e. The van der Waals surface area contributed by atoms with Crippen LogP contribution in [0.3, 0.4) is 0 Å². The van der Waals surface area contributed by atoms with E-state index in [1.165, 1.54) is 19.3 Å². The van der Waals surface area contributed by atoms with Gasteiger partial charge in [-0.3, -0.25) is 0 Å². The van der Waals surface area contributed by atoms with Gasteiger partial charge in [-0.15, -0.1) is 0 Å². The van der Waals surface area contributed by atoms with Gasteiger partial charge in [0.25, 0.3) is 0 Å². The van der Waals surface area contributed by atoms with Crippen molar-refractivity contribution in [1.29, 1.82) is 0 Å². The van der Waals surface area contributed by atoms with E-state index >= 15 is 0 Å². The molecule has 2 nitrogen and oxygen atoms in total. The number of rotatable bonds is 2. The van der Waals surface area contributed by atoms with Crippen LogP contribution in [0.25, 0.3) is 0 Å². The van der Waals surface area contributed by atoms with Gasteiger partial charge in [0.15, 0.2) is 0 Å². The summed E-state index contributed by atoms with van der Waals surface area (Å²) in [4.78, 5) is 0. The van der Waals surface area contributed by atoms with Gasteiger partial charge in [0, 0.05) is 12.6 Å². The van der Waals surface area contributed by atoms with Gasteiger partial charge in [0.1, 0.15) is 0 Å². The molecular formula is C8H16NO. The molecule has 0 atom stereocenters. The van der Waals surface area contributed by atoms with Crippen molar-refractivity contribution in [3.8, 4) is 0 Å². The van der Waals surface area contributed by atoms with Crippen LogP contribution in [0.4, 0.5) is 0 Å². The van der Waals surface area contributed by atoms with Crippen molar-refractivity contribution in [3.05, 3.63) is 7.05 Å². The summed E-state index contributed by atoms with van der Waals surface area (Å²) in [5.74, 6) is 0. The standard InChI is InChI=1S/C8H16NO/c1-9-8(7-10)5-3-2-4-6-8/h9-10H,1-7H2. The summed E-state index contributed by atoms with van der Waals surface area (Å²) < 4.78 is 0. The summed E-state index contributed by atoms with van der Waals surface area (Å²) in [5.41, 5.74) is -0.0434. The lowest BCUT2D eigenvalue weighted by Gasteiger charge is -2.35. The summed E-state index contributed by atoms with van der Waals surface area (Å²) >= 11 is 0. The molecule has 1 aliphatic rings. The third-order valence-corrected chi connectivity index (χ3v) is 2.49. The lowest BCUT2D eigenvalue weighted by molar-refractivity contribution is 0.133. The Bertz CT molecular complexity index is 91.4. The van der Waals surface area contributed by atoms with Crippen molar-refractivity contribution in [1.82, 2.24) is 5.32 Å². The zero-order valence-corrected chi connectivity index (χ0v) is 6.40. The van der Waals surface area contributed by atoms with E-state index in [1.54, 1.807) is 0 Å². The van der Waals surface area contributed by atoms with Crippen molar-refractivity contribution >= 4 is 0 Å². The van der Waals surface area contributed by atoms with Gasteiger partial charge in [0.2, 0.25) is 0 Å². The molecule has 1 rings (SSSR count). The second-order valence-electron chi connectivity index (χ2n) is 3.18. The summed E-state index contributed by atoms with van der Waals surface area (Å²) in [6.07, 6.45) is 5.91. The fraction of sp³-hybridized carbons (Fsp3) is 0.875. The monoisotopic (exact) mass is 142 g/mol. The molecule has 2 N–H and O–H groups in total. The third-order valence-electron chi connectivity index (χ3n) is 2.49. The van der Waals surface area contributed by atoms with Gasteiger partial charge in [-0.25, -0.2) is 0 Å². The van der Waals surface area contributed by atoms with Gasteiger partial charge in [-0.1, -0.05) is 19.3 Å². The topological polar surface area (TPSA) is 32.3 Å². The zero-order valence-electron chi connectivity index (χ0n) is 6.40. The Morgan fingerprint density at radius 2 is 1.90 bits per heavy atom. The highest BCUT2D eigenvalue weighted by Crippen LogP contribution is 2.27. The van der Waals surface area contributed by atoms with E-state index in [1.807, 2.05) is 0 Å². The molecule has 0 aromatic carbocycles. The van der Waals surface area contributed by atoms with E-state index in [0.717, 1.165) is 12.8 Å². The number of nitrogens with one attached hydrogen (secondary N) is 1. The average Bonchev–Trinajstić information content (AvgIpc) is 2.06. The second kappa shape index (κ2) is 3.35. The number of hydrogen-bond donors (Lipinski definition) is 2. The van der Waals surface area contributed by atoms with Crippen LogP contribution in [0.15, 0.2) is 0 Å². The van der Waals surface area contributed by atoms with Gasteiger partial charge >= 0.3 is 0 Å². The van der Waals surface area contributed by atoms with E-state index in [9.17, 15) is 0 Å². The first-order valence-electron chi connectivity index (χ1n) is 3.98. The van der Waals surface area contributed by atoms with Crippen LogP contribution in [-0.2, 0) is 0 Å². The molecule has 1 fully saturated rings. The Hall–Kier alpha value is -0.0800. The molecule has 1 saturated carbocycles. The van der Waals surface area contributed by atoms with Crippen molar-refractivity contribution in [2.24, 2.45) is 0 Å². The Balaban J connectivity index is 2.44. The fourth-order valence-corrected chi connectivity index (χ4v) is 1.62. The number of aliphatic hydroxyl groups is 1. The highest BCUT2D eigenvalue weighted by atomic mass is 16.3. The summed E-state index contributed by atoms with van der Waals surface area (Å²) in [7, 11) is 3.64. The maximum atomic E-state index is 9.04. The molecule has 1 radical (unpaired) electrons. The minimum absolute atomic E-state index is 0.0434. The molecule has 0 heterocycles. The Labute approximate surface area is 62.6 Å². The predicted molar refractivity (Wildman–Crippen MR) is 41.4 cm³/mol. The Kier molecular flexibility index (Phi) is 2.69. The molecule has 2 heteroatoms. The number of aliphatic hydroxyl groups excluding tert-OH is 1. The smallest absolute Gasteiger partial charge is 0.0613 e. The van der Waals surface area contributed by atoms with Crippen LogP contribution < -0.4 is 5.32 Å². The first kappa shape index (κ1) is 8.02. The van der Waals surface area contributed by atoms with Gasteiger partial charge < -0.3 is 10.4 Å². The molecule has 0 bridgehead atoms. The van der Waals surface area contributed by atoms with Crippen molar-refractivity contribution in [3.63, 3.8) is 0 Å². The molecule has 0 spiro atoms. The van der Waals surface area contributed by atoms with Crippen LogP contribution in [0, 0.1) is 7.05 Å². The molecule has 0 saturated heterocycles. The molecule has 0 aliphatic heterocycles. The van der Waals surface area contributed by atoms with E-state index in [0.29, 0.717) is 0 Å². The quantitative estimate of drug-likeness (QED) is 0.604. The van der Waals surface area contributed by atoms with Crippen LogP contribution in [-0.4, -0.2) is 17.3 Å². The summed E-state index contributed by atoms with van der Waals surface area (Å²) in [5, 5.41) is 12.0. The molecule has 0 aromatic heterocycles. The summed E-state index contributed by atoms with van der Waals surface area (Å²) in [6, 6.07) is 0. The molecule has 10 heavy (non-hydrogen) atoms. The third kappa shape index (κ3) is 1.50. The SMILES string of the molecule is [CH2]NC1(CO)CCCCC1. The highest BCUT2D eigenvalue weighted by Gasteiger charge is 2.28. The Morgan fingerprint density at radius 3 is 2.20 bits per heavy atom. The first-order valence-corrected chi connectivity index (χ1v) is 3.98. The maximum absolute atomic E-state index is 9.04. The largest absolute Gasteiger partial charge is 0.394 e. The molecule has 0 unspecified atom stereocenters. The van der Waals surface area contributed by atoms with Crippen LogP contribution >= 0.6 is 0 Å². The average molecular weight is 142 g/mol. The second-order valence-corrected chi connectivity index (χ2v) is 3.18. The lowest BCUT2D eigenvalue weighted by atomic mass is 9.82. The molecule has 59 valence electrons. The van der Waals surface area contributed by atoms with Crippen molar-refractivity contribution in [2.75, 3.05) is 6.61 Å². The molecule has 0 aromatic rings. The first-order chi connectivity index (χ1) is 4.83. The van der Waals surface area contributed by atoms with Crippen LogP contribution in [0.2, 0.25) is 0 Å². The van der Waals surface area contributed by atoms with Gasteiger partial charge in [-0.05, 0) is 12.8 Å². The van der Waals surface area contributed by atoms with Gasteiger partial charge in [-0.2, -0.15) is 0 Å². The highest BCUT2D eigenvalue weighted by molar-refractivity contribution is 4.89. The minimum atomic E-state index is -0.0434. The van der Waals surface area contributed by atoms with Crippen LogP contribution in [0.5, 0.6) is 0 Å². The minimum Gasteiger partial charge on any atom is -0.394 e.